The van der Waals surface area contributed by atoms with Crippen LogP contribution in [0.5, 0.6) is 0 Å². The molecule has 6 heterocycles. The summed E-state index contributed by atoms with van der Waals surface area (Å²) in [6.07, 6.45) is -12.3. The first-order valence-electron chi connectivity index (χ1n) is 31.2. The second-order valence-corrected chi connectivity index (χ2v) is 28.8. The summed E-state index contributed by atoms with van der Waals surface area (Å²) in [5, 5.41) is 30.1. The number of amides is 1. The number of methoxy groups -OCH3 is 2. The molecular formula is C62H101ClN6O20S. The average Bonchev–Trinajstić information content (AvgIpc) is 1.33. The van der Waals surface area contributed by atoms with Crippen molar-refractivity contribution in [2.75, 3.05) is 48.1 Å². The third kappa shape index (κ3) is 18.4. The van der Waals surface area contributed by atoms with Gasteiger partial charge in [0.15, 0.2) is 30.3 Å². The lowest BCUT2D eigenvalue weighted by atomic mass is 9.74. The van der Waals surface area contributed by atoms with Gasteiger partial charge in [-0.2, -0.15) is 0 Å². The predicted octanol–water partition coefficient (Wildman–Crippen LogP) is 6.29. The number of aliphatic hydroxyl groups excluding tert-OH is 2. The lowest BCUT2D eigenvalue weighted by Crippen LogP contribution is -2.59. The molecule has 0 bridgehead atoms. The molecule has 6 rings (SSSR count). The maximum Gasteiger partial charge on any atom is 0.408 e. The van der Waals surface area contributed by atoms with Crippen molar-refractivity contribution in [1.29, 1.82) is 0 Å². The van der Waals surface area contributed by atoms with E-state index in [2.05, 4.69) is 30.1 Å². The monoisotopic (exact) mass is 1320 g/mol. The largest absolute Gasteiger partial charge is 0.461 e. The number of nitrogens with zero attached hydrogens (tertiary/aromatic N) is 3. The van der Waals surface area contributed by atoms with Crippen LogP contribution in [0.2, 0.25) is 5.02 Å². The van der Waals surface area contributed by atoms with E-state index in [-0.39, 0.29) is 77.1 Å². The number of oxime groups is 1. The zero-order chi connectivity index (χ0) is 67.1. The van der Waals surface area contributed by atoms with Gasteiger partial charge in [-0.05, 0) is 86.8 Å². The fourth-order valence-electron chi connectivity index (χ4n) is 12.9. The van der Waals surface area contributed by atoms with Crippen molar-refractivity contribution in [2.45, 2.75) is 238 Å². The van der Waals surface area contributed by atoms with Crippen LogP contribution in [0.25, 0.3) is 11.0 Å². The van der Waals surface area contributed by atoms with Gasteiger partial charge in [-0.25, -0.2) is 22.9 Å². The Hall–Kier alpha value is -4.20. The van der Waals surface area contributed by atoms with Crippen molar-refractivity contribution in [2.24, 2.45) is 46.6 Å². The number of aromatic nitrogens is 2. The highest BCUT2D eigenvalue weighted by atomic mass is 35.5. The van der Waals surface area contributed by atoms with Gasteiger partial charge in [0.1, 0.15) is 54.3 Å². The number of sulfonamides is 1. The summed E-state index contributed by atoms with van der Waals surface area (Å²) in [5.41, 5.74) is -3.07. The third-order valence-corrected chi connectivity index (χ3v) is 19.6. The molecular weight excluding hydrogens is 1220 g/mol. The Kier molecular flexibility index (Phi) is 26.5. The van der Waals surface area contributed by atoms with Crippen LogP contribution in [-0.2, 0) is 81.3 Å². The minimum Gasteiger partial charge on any atom is -0.461 e. The molecule has 4 saturated heterocycles. The van der Waals surface area contributed by atoms with Crippen LogP contribution in [0.1, 0.15) is 130 Å². The van der Waals surface area contributed by atoms with E-state index in [4.69, 9.17) is 68.5 Å². The zero-order valence-electron chi connectivity index (χ0n) is 55.8. The summed E-state index contributed by atoms with van der Waals surface area (Å²) < 4.78 is 101. The number of cyclic esters (lactones) is 1. The highest BCUT2D eigenvalue weighted by Crippen LogP contribution is 2.41. The van der Waals surface area contributed by atoms with Gasteiger partial charge in [0.05, 0.1) is 70.6 Å². The number of ether oxygens (including phenoxy) is 11. The fourth-order valence-corrected chi connectivity index (χ4v) is 14.6. The highest BCUT2D eigenvalue weighted by molar-refractivity contribution is 7.89. The number of halogens is 1. The van der Waals surface area contributed by atoms with E-state index < -0.39 is 160 Å². The fraction of sp³-hybridized carbons (Fsp3) is 0.806. The Morgan fingerprint density at radius 3 is 2.23 bits per heavy atom. The van der Waals surface area contributed by atoms with Crippen LogP contribution in [0.4, 0.5) is 4.79 Å². The van der Waals surface area contributed by atoms with Crippen molar-refractivity contribution >= 4 is 62.2 Å². The number of H-pyrrole nitrogens is 1. The van der Waals surface area contributed by atoms with Crippen LogP contribution < -0.4 is 10.0 Å². The standard InChI is InChI=1S/C62H101ClN6O20S/c1-30(2)22-44(70)85-51-37(9)50(32(4)28-81-59-54(79-18)53(78-17)47(71)40(12)84-59)87-57(74)39(11)52(86-45-23-33(5)69(16)27-35(7)82-45)36(8)49(88-58-48(72)42(68-80-19)24-34(6)83-58)31(3)25-62(15,55(73)38(51)10)89-60(75)67-61(13,14)29-66-90(76,77)43-26-65-56-46(43)41(63)20-21-64-56/h20-21,26,30-40,45,47-54,58-59,66,71-72H,22-25,27-29H2,1-19H3,(H,64,65)(H,67,75)/b68-42+/t31-,32-,33?,34+,35-,36+,37-,38+,39+,40+,45-,47+,48+,49-,50+,51+,52-,53+,54+,58?,59+,62-/m0/s1. The lowest BCUT2D eigenvalue weighted by Gasteiger charge is -2.45. The van der Waals surface area contributed by atoms with Crippen molar-refractivity contribution in [3.8, 4) is 0 Å². The number of likely N-dealkylation sites (N-methyl/N-ethyl adjacent to an activating group) is 1. The van der Waals surface area contributed by atoms with Gasteiger partial charge in [-0.3, -0.25) is 14.4 Å². The lowest BCUT2D eigenvalue weighted by molar-refractivity contribution is -0.305. The summed E-state index contributed by atoms with van der Waals surface area (Å²) in [4.78, 5) is 74.7. The minimum atomic E-state index is -4.29. The molecule has 4 fully saturated rings. The van der Waals surface area contributed by atoms with E-state index >= 15 is 9.59 Å². The van der Waals surface area contributed by atoms with Crippen molar-refractivity contribution < 1.29 is 94.8 Å². The molecule has 0 aromatic carbocycles. The molecule has 2 aromatic rings. The van der Waals surface area contributed by atoms with E-state index in [9.17, 15) is 28.2 Å². The number of hydrogen-bond donors (Lipinski definition) is 5. The van der Waals surface area contributed by atoms with E-state index in [1.54, 1.807) is 62.3 Å². The molecule has 2 unspecified atom stereocenters. The molecule has 512 valence electrons. The van der Waals surface area contributed by atoms with Gasteiger partial charge < -0.3 is 82.4 Å². The molecule has 22 atom stereocenters. The normalized spacial score (nSPS) is 36.6. The second-order valence-electron chi connectivity index (χ2n) is 26.7. The molecule has 5 N–H and O–H groups in total. The molecule has 0 radical (unpaired) electrons. The maximum atomic E-state index is 16.1. The number of pyridine rings is 1. The topological polar surface area (TPSA) is 322 Å². The van der Waals surface area contributed by atoms with Crippen molar-refractivity contribution in [3.63, 3.8) is 0 Å². The second kappa shape index (κ2) is 31.8. The number of fused-ring (bicyclic) bond motifs is 1. The Balaban J connectivity index is 1.49. The average molecular weight is 1320 g/mol. The van der Waals surface area contributed by atoms with Crippen LogP contribution in [-0.4, -0.2) is 214 Å². The number of aliphatic hydroxyl groups is 2. The number of ketones is 1. The third-order valence-electron chi connectivity index (χ3n) is 17.8. The molecule has 0 aliphatic carbocycles. The Morgan fingerprint density at radius 2 is 1.59 bits per heavy atom. The number of esters is 2. The zero-order valence-corrected chi connectivity index (χ0v) is 57.3. The molecule has 4 aliphatic heterocycles. The van der Waals surface area contributed by atoms with Crippen LogP contribution in [0, 0.1) is 41.4 Å². The summed E-state index contributed by atoms with van der Waals surface area (Å²) in [5.74, 6) is -8.28. The molecule has 2 aromatic heterocycles. The molecule has 90 heavy (non-hydrogen) atoms. The number of hydrogen-bond acceptors (Lipinski definition) is 23. The number of carbonyl (C=O) groups excluding carboxylic acids is 4. The molecule has 0 spiro atoms. The van der Waals surface area contributed by atoms with Gasteiger partial charge in [-0.15, -0.1) is 0 Å². The van der Waals surface area contributed by atoms with Gasteiger partial charge in [0.2, 0.25) is 10.0 Å². The first kappa shape index (κ1) is 74.8. The molecule has 1 amide bonds. The summed E-state index contributed by atoms with van der Waals surface area (Å²) >= 11 is 6.43. The SMILES string of the molecule is CO/N=C1\C[C@@H](C)OC(O[C@@H]2[C@@H](C)[C@H](O[C@H]3CC(C)N(C)C[C@H](C)O3)[C@@H](C)C(=O)O[C@H]([C@@H](C)CO[C@@H]3O[C@H](C)[C@@H](O)[C@@H](OC)[C@H]3OC)[C@H](C)[C@@H](OC(=O)CC(C)C)[C@@H](C)C(=O)[C@@](C)(OC(=O)NC(C)(C)CNS(=O)(=O)c3c[nH]c4nccc(Cl)c34)C[C@@H]2C)[C@@H]1O. The van der Waals surface area contributed by atoms with Crippen LogP contribution in [0.3, 0.4) is 0 Å². The van der Waals surface area contributed by atoms with Gasteiger partial charge in [0.25, 0.3) is 0 Å². The molecule has 4 aliphatic rings. The summed E-state index contributed by atoms with van der Waals surface area (Å²) in [6, 6.07) is 1.42. The van der Waals surface area contributed by atoms with E-state index in [1.807, 2.05) is 41.7 Å². The molecule has 0 saturated carbocycles. The van der Waals surface area contributed by atoms with E-state index in [0.29, 0.717) is 13.0 Å². The first-order chi connectivity index (χ1) is 42.1. The van der Waals surface area contributed by atoms with Gasteiger partial charge >= 0.3 is 18.0 Å². The molecule has 28 heteroatoms. The van der Waals surface area contributed by atoms with Gasteiger partial charge in [0, 0.05) is 82.8 Å². The Labute approximate surface area is 535 Å². The van der Waals surface area contributed by atoms with E-state index in [1.165, 1.54) is 46.7 Å². The van der Waals surface area contributed by atoms with E-state index in [0.717, 1.165) is 0 Å². The van der Waals surface area contributed by atoms with Crippen LogP contribution >= 0.6 is 11.6 Å². The van der Waals surface area contributed by atoms with Crippen LogP contribution in [0.15, 0.2) is 28.5 Å². The summed E-state index contributed by atoms with van der Waals surface area (Å²) in [7, 11) is 1.92. The Morgan fingerprint density at radius 1 is 0.911 bits per heavy atom. The number of aromatic amines is 1. The number of carbonyl (C=O) groups is 4. The number of nitrogens with one attached hydrogen (secondary N) is 3. The smallest absolute Gasteiger partial charge is 0.408 e. The number of rotatable bonds is 20. The first-order valence-corrected chi connectivity index (χ1v) is 33.1. The van der Waals surface area contributed by atoms with Crippen molar-refractivity contribution in [1.82, 2.24) is 24.9 Å². The number of Topliss-reactive ketones (excluding diaryl/α,β-unsaturated/α-hetero) is 1. The van der Waals surface area contributed by atoms with Crippen molar-refractivity contribution in [3.05, 3.63) is 23.5 Å². The minimum absolute atomic E-state index is 0.0382. The highest BCUT2D eigenvalue weighted by Gasteiger charge is 2.53. The maximum absolute atomic E-state index is 16.1. The summed E-state index contributed by atoms with van der Waals surface area (Å²) in [6.45, 7) is 25.9. The Bertz CT molecular complexity index is 2870. The van der Waals surface area contributed by atoms with Gasteiger partial charge in [-0.1, -0.05) is 65.2 Å². The molecule has 26 nitrogen and oxygen atoms in total. The predicted molar refractivity (Wildman–Crippen MR) is 330 cm³/mol. The number of alkyl carbamates (subject to hydrolysis) is 1. The quantitative estimate of drug-likeness (QED) is 0.0552.